The third-order valence-corrected chi connectivity index (χ3v) is 4.07. The summed E-state index contributed by atoms with van der Waals surface area (Å²) < 4.78 is 6.39. The van der Waals surface area contributed by atoms with Gasteiger partial charge in [-0.15, -0.1) is 0 Å². The van der Waals surface area contributed by atoms with Gasteiger partial charge in [0.1, 0.15) is 5.76 Å². The molecule has 3 rings (SSSR count). The topological polar surface area (TPSA) is 42.4 Å². The van der Waals surface area contributed by atoms with Gasteiger partial charge in [0.15, 0.2) is 4.67 Å². The van der Waals surface area contributed by atoms with Crippen LogP contribution in [-0.2, 0) is 6.54 Å². The number of hydrogen-bond donors (Lipinski definition) is 1. The molecule has 2 heterocycles. The smallest absolute Gasteiger partial charge is 0.169 e. The fourth-order valence-corrected chi connectivity index (χ4v) is 3.15. The van der Waals surface area contributed by atoms with Gasteiger partial charge in [0, 0.05) is 18.2 Å². The molecule has 3 nitrogen and oxygen atoms in total. The highest BCUT2D eigenvalue weighted by molar-refractivity contribution is 9.10. The van der Waals surface area contributed by atoms with Gasteiger partial charge in [0.2, 0.25) is 0 Å². The van der Waals surface area contributed by atoms with Crippen LogP contribution in [-0.4, -0.2) is 13.1 Å². The molecule has 2 aromatic rings. The normalized spacial score (nSPS) is 17.8. The Hall–Kier alpha value is -1.26. The van der Waals surface area contributed by atoms with E-state index < -0.39 is 0 Å². The zero-order valence-corrected chi connectivity index (χ0v) is 12.3. The average molecular weight is 321 g/mol. The van der Waals surface area contributed by atoms with Crippen molar-refractivity contribution in [2.45, 2.75) is 18.9 Å². The van der Waals surface area contributed by atoms with Crippen molar-refractivity contribution in [1.29, 1.82) is 0 Å². The Bertz CT molecular complexity index is 567. The van der Waals surface area contributed by atoms with Crippen molar-refractivity contribution < 1.29 is 4.42 Å². The number of benzene rings is 1. The van der Waals surface area contributed by atoms with E-state index in [-0.39, 0.29) is 0 Å². The molecule has 1 aliphatic heterocycles. The fraction of sp³-hybridized carbons (Fsp3) is 0.333. The van der Waals surface area contributed by atoms with Crippen LogP contribution in [0.4, 0.5) is 5.69 Å². The molecule has 0 fully saturated rings. The summed E-state index contributed by atoms with van der Waals surface area (Å²) in [5, 5.41) is 0. The minimum atomic E-state index is 0.541. The zero-order valence-electron chi connectivity index (χ0n) is 10.7. The molecule has 2 N–H and O–H groups in total. The maximum Gasteiger partial charge on any atom is 0.169 e. The second kappa shape index (κ2) is 5.39. The van der Waals surface area contributed by atoms with Gasteiger partial charge >= 0.3 is 0 Å². The molecule has 0 saturated carbocycles. The highest BCUT2D eigenvalue weighted by Crippen LogP contribution is 2.38. The molecule has 1 aliphatic rings. The van der Waals surface area contributed by atoms with E-state index in [1.165, 1.54) is 11.3 Å². The quantitative estimate of drug-likeness (QED) is 0.937. The predicted octanol–water partition coefficient (Wildman–Crippen LogP) is 3.49. The second-order valence-corrected chi connectivity index (χ2v) is 5.70. The van der Waals surface area contributed by atoms with E-state index in [0.29, 0.717) is 5.92 Å². The van der Waals surface area contributed by atoms with Crippen molar-refractivity contribution in [3.05, 3.63) is 52.4 Å². The summed E-state index contributed by atoms with van der Waals surface area (Å²) in [6, 6.07) is 12.6. The van der Waals surface area contributed by atoms with Crippen LogP contribution in [0.1, 0.15) is 23.7 Å². The molecule has 100 valence electrons. The number of anilines is 1. The first-order chi connectivity index (χ1) is 9.28. The summed E-state index contributed by atoms with van der Waals surface area (Å²) in [6.45, 7) is 2.57. The van der Waals surface area contributed by atoms with Gasteiger partial charge < -0.3 is 15.1 Å². The molecule has 0 saturated heterocycles. The lowest BCUT2D eigenvalue weighted by Gasteiger charge is -2.18. The van der Waals surface area contributed by atoms with Gasteiger partial charge in [-0.3, -0.25) is 0 Å². The zero-order chi connectivity index (χ0) is 13.2. The predicted molar refractivity (Wildman–Crippen MR) is 80.3 cm³/mol. The van der Waals surface area contributed by atoms with E-state index >= 15 is 0 Å². The molecule has 1 aromatic carbocycles. The van der Waals surface area contributed by atoms with Gasteiger partial charge in [-0.1, -0.05) is 18.2 Å². The summed E-state index contributed by atoms with van der Waals surface area (Å²) in [4.78, 5) is 2.38. The number of nitrogens with two attached hydrogens (primary N) is 1. The van der Waals surface area contributed by atoms with Crippen LogP contribution in [0.5, 0.6) is 0 Å². The van der Waals surface area contributed by atoms with Crippen LogP contribution >= 0.6 is 15.9 Å². The Morgan fingerprint density at radius 3 is 2.84 bits per heavy atom. The van der Waals surface area contributed by atoms with Gasteiger partial charge in [-0.05, 0) is 52.7 Å². The minimum absolute atomic E-state index is 0.541. The van der Waals surface area contributed by atoms with Gasteiger partial charge in [0.05, 0.1) is 6.54 Å². The second-order valence-electron chi connectivity index (χ2n) is 4.92. The van der Waals surface area contributed by atoms with E-state index in [0.717, 1.165) is 36.5 Å². The Morgan fingerprint density at radius 1 is 1.26 bits per heavy atom. The van der Waals surface area contributed by atoms with E-state index in [9.17, 15) is 0 Å². The number of fused-ring (bicyclic) bond motifs is 1. The summed E-state index contributed by atoms with van der Waals surface area (Å²) >= 11 is 3.35. The summed E-state index contributed by atoms with van der Waals surface area (Å²) in [5.74, 6) is 1.52. The molecule has 0 amide bonds. The summed E-state index contributed by atoms with van der Waals surface area (Å²) in [6.07, 6.45) is 1.04. The highest BCUT2D eigenvalue weighted by atomic mass is 79.9. The molecule has 1 unspecified atom stereocenters. The first-order valence-corrected chi connectivity index (χ1v) is 7.35. The Balaban J connectivity index is 1.84. The lowest BCUT2D eigenvalue weighted by Crippen LogP contribution is -2.21. The van der Waals surface area contributed by atoms with Crippen molar-refractivity contribution in [3.8, 4) is 0 Å². The highest BCUT2D eigenvalue weighted by Gasteiger charge is 2.27. The molecule has 4 heteroatoms. The molecular formula is C15H17BrN2O. The average Bonchev–Trinajstić information content (AvgIpc) is 2.97. The van der Waals surface area contributed by atoms with Gasteiger partial charge in [-0.25, -0.2) is 0 Å². The third-order valence-electron chi connectivity index (χ3n) is 3.65. The third kappa shape index (κ3) is 2.55. The number of halogens is 1. The largest absolute Gasteiger partial charge is 0.452 e. The van der Waals surface area contributed by atoms with Crippen molar-refractivity contribution in [2.75, 3.05) is 18.0 Å². The molecule has 0 bridgehead atoms. The van der Waals surface area contributed by atoms with Gasteiger partial charge in [0.25, 0.3) is 0 Å². The first kappa shape index (κ1) is 12.8. The standard InChI is InChI=1S/C15H17BrN2O/c16-15-6-5-12(19-15)10-18-9-11(7-8-17)13-3-1-2-4-14(13)18/h1-6,11H,7-10,17H2. The van der Waals surface area contributed by atoms with E-state index in [1.54, 1.807) is 0 Å². The van der Waals surface area contributed by atoms with Gasteiger partial charge in [-0.2, -0.15) is 0 Å². The maximum absolute atomic E-state index is 5.72. The molecule has 1 atom stereocenters. The fourth-order valence-electron chi connectivity index (χ4n) is 2.81. The number of furan rings is 1. The van der Waals surface area contributed by atoms with Crippen LogP contribution in [0.2, 0.25) is 0 Å². The van der Waals surface area contributed by atoms with E-state index in [1.807, 2.05) is 12.1 Å². The lowest BCUT2D eigenvalue weighted by molar-refractivity contribution is 0.480. The minimum Gasteiger partial charge on any atom is -0.452 e. The van der Waals surface area contributed by atoms with E-state index in [4.69, 9.17) is 10.2 Å². The monoisotopic (exact) mass is 320 g/mol. The summed E-state index contributed by atoms with van der Waals surface area (Å²) in [7, 11) is 0. The molecule has 0 radical (unpaired) electrons. The SMILES string of the molecule is NCCC1CN(Cc2ccc(Br)o2)c2ccccc21. The Labute approximate surface area is 121 Å². The number of hydrogen-bond acceptors (Lipinski definition) is 3. The van der Waals surface area contributed by atoms with Crippen LogP contribution in [0.3, 0.4) is 0 Å². The van der Waals surface area contributed by atoms with Crippen LogP contribution < -0.4 is 10.6 Å². The number of nitrogens with zero attached hydrogens (tertiary/aromatic N) is 1. The van der Waals surface area contributed by atoms with Crippen molar-refractivity contribution in [2.24, 2.45) is 5.73 Å². The Kier molecular flexibility index (Phi) is 3.62. The van der Waals surface area contributed by atoms with Crippen LogP contribution in [0, 0.1) is 0 Å². The lowest BCUT2D eigenvalue weighted by atomic mass is 9.98. The first-order valence-electron chi connectivity index (χ1n) is 6.56. The summed E-state index contributed by atoms with van der Waals surface area (Å²) in [5.41, 5.74) is 8.45. The van der Waals surface area contributed by atoms with Crippen LogP contribution in [0.25, 0.3) is 0 Å². The van der Waals surface area contributed by atoms with Crippen molar-refractivity contribution in [3.63, 3.8) is 0 Å². The number of para-hydroxylation sites is 1. The molecule has 0 spiro atoms. The van der Waals surface area contributed by atoms with E-state index in [2.05, 4.69) is 45.1 Å². The molecule has 1 aromatic heterocycles. The Morgan fingerprint density at radius 2 is 2.11 bits per heavy atom. The molecule has 0 aliphatic carbocycles. The number of rotatable bonds is 4. The van der Waals surface area contributed by atoms with Crippen molar-refractivity contribution >= 4 is 21.6 Å². The van der Waals surface area contributed by atoms with Crippen molar-refractivity contribution in [1.82, 2.24) is 0 Å². The molecule has 19 heavy (non-hydrogen) atoms. The van der Waals surface area contributed by atoms with Crippen LogP contribution in [0.15, 0.2) is 45.5 Å². The molecular weight excluding hydrogens is 304 g/mol. The maximum atomic E-state index is 5.72.